The van der Waals surface area contributed by atoms with Gasteiger partial charge in [-0.25, -0.2) is 0 Å². The molecule has 0 fully saturated rings. The molecule has 2 aromatic rings. The Labute approximate surface area is 102 Å². The van der Waals surface area contributed by atoms with Crippen LogP contribution in [0, 0.1) is 13.6 Å². The number of para-hydroxylation sites is 3. The van der Waals surface area contributed by atoms with Crippen LogP contribution in [0.2, 0.25) is 0 Å². The van der Waals surface area contributed by atoms with Crippen LogP contribution in [0.5, 0.6) is 0 Å². The van der Waals surface area contributed by atoms with Crippen LogP contribution in [0.25, 0.3) is 0 Å². The summed E-state index contributed by atoms with van der Waals surface area (Å²) in [6.07, 6.45) is 0. The summed E-state index contributed by atoms with van der Waals surface area (Å²) >= 11 is 0. The summed E-state index contributed by atoms with van der Waals surface area (Å²) in [7, 11) is 2.02. The van der Waals surface area contributed by atoms with Crippen LogP contribution in [0.3, 0.4) is 0 Å². The summed E-state index contributed by atoms with van der Waals surface area (Å²) in [5.41, 5.74) is 4.81. The number of hydrogen-bond donors (Lipinski definition) is 0. The van der Waals surface area contributed by atoms with E-state index in [9.17, 15) is 0 Å². The fourth-order valence-corrected chi connectivity index (χ4v) is 2.19. The molecule has 2 aromatic carbocycles. The Morgan fingerprint density at radius 2 is 1.41 bits per heavy atom. The molecule has 0 saturated heterocycles. The van der Waals surface area contributed by atoms with Crippen LogP contribution >= 0.6 is 0 Å². The molecular weight excluding hydrogens is 208 g/mol. The lowest BCUT2D eigenvalue weighted by Crippen LogP contribution is -2.17. The number of benzene rings is 2. The molecule has 0 saturated carbocycles. The van der Waals surface area contributed by atoms with Crippen molar-refractivity contribution in [2.75, 3.05) is 16.8 Å². The third-order valence-corrected chi connectivity index (χ3v) is 3.09. The van der Waals surface area contributed by atoms with Gasteiger partial charge in [-0.3, -0.25) is 0 Å². The zero-order valence-corrected chi connectivity index (χ0v) is 10.0. The SMILES string of the molecule is Cc1ccccc1N1[C]N(C)c2ccccc21. The predicted molar refractivity (Wildman–Crippen MR) is 71.4 cm³/mol. The van der Waals surface area contributed by atoms with E-state index in [1.165, 1.54) is 22.6 Å². The predicted octanol–water partition coefficient (Wildman–Crippen LogP) is 3.58. The summed E-state index contributed by atoms with van der Waals surface area (Å²) in [5, 5.41) is 0. The second kappa shape index (κ2) is 3.81. The second-order valence-electron chi connectivity index (χ2n) is 4.27. The molecule has 1 heterocycles. The zero-order valence-electron chi connectivity index (χ0n) is 10.0. The van der Waals surface area contributed by atoms with E-state index in [-0.39, 0.29) is 0 Å². The molecule has 0 amide bonds. The number of hydrogen-bond acceptors (Lipinski definition) is 2. The first-order valence-corrected chi connectivity index (χ1v) is 5.72. The highest BCUT2D eigenvalue weighted by Crippen LogP contribution is 2.42. The first-order valence-electron chi connectivity index (χ1n) is 5.72. The quantitative estimate of drug-likeness (QED) is 0.727. The molecule has 0 N–H and O–H groups in total. The molecule has 2 radical (unpaired) electrons. The molecule has 0 bridgehead atoms. The van der Waals surface area contributed by atoms with E-state index in [2.05, 4.69) is 67.0 Å². The summed E-state index contributed by atoms with van der Waals surface area (Å²) in [6, 6.07) is 16.7. The summed E-state index contributed by atoms with van der Waals surface area (Å²) in [5.74, 6) is 0. The van der Waals surface area contributed by atoms with Gasteiger partial charge >= 0.3 is 0 Å². The van der Waals surface area contributed by atoms with Crippen molar-refractivity contribution in [3.05, 3.63) is 60.8 Å². The Balaban J connectivity index is 2.11. The number of fused-ring (bicyclic) bond motifs is 1. The van der Waals surface area contributed by atoms with E-state index in [1.807, 2.05) is 11.9 Å². The zero-order chi connectivity index (χ0) is 11.8. The van der Waals surface area contributed by atoms with Gasteiger partial charge < -0.3 is 9.80 Å². The van der Waals surface area contributed by atoms with Gasteiger partial charge in [0.25, 0.3) is 0 Å². The molecule has 1 aliphatic heterocycles. The lowest BCUT2D eigenvalue weighted by Gasteiger charge is -2.19. The Morgan fingerprint density at radius 3 is 2.12 bits per heavy atom. The van der Waals surface area contributed by atoms with Crippen LogP contribution in [0.4, 0.5) is 17.1 Å². The van der Waals surface area contributed by atoms with Crippen molar-refractivity contribution >= 4 is 17.1 Å². The molecule has 1 aliphatic rings. The van der Waals surface area contributed by atoms with Gasteiger partial charge in [0.15, 0.2) is 0 Å². The molecule has 3 rings (SSSR count). The minimum Gasteiger partial charge on any atom is -0.342 e. The largest absolute Gasteiger partial charge is 0.342 e. The Hall–Kier alpha value is -1.96. The van der Waals surface area contributed by atoms with Crippen molar-refractivity contribution in [1.82, 2.24) is 0 Å². The highest BCUT2D eigenvalue weighted by atomic mass is 15.4. The molecule has 2 nitrogen and oxygen atoms in total. The van der Waals surface area contributed by atoms with Crippen LogP contribution in [-0.4, -0.2) is 7.05 Å². The summed E-state index contributed by atoms with van der Waals surface area (Å²) in [4.78, 5) is 4.15. The van der Waals surface area contributed by atoms with Crippen molar-refractivity contribution in [3.63, 3.8) is 0 Å². The van der Waals surface area contributed by atoms with Crippen molar-refractivity contribution in [1.29, 1.82) is 0 Å². The molecule has 0 aliphatic carbocycles. The molecule has 0 atom stereocenters. The van der Waals surface area contributed by atoms with Crippen molar-refractivity contribution in [2.45, 2.75) is 6.92 Å². The minimum absolute atomic E-state index is 1.18. The number of anilines is 3. The average molecular weight is 222 g/mol. The van der Waals surface area contributed by atoms with Crippen LogP contribution < -0.4 is 9.80 Å². The van der Waals surface area contributed by atoms with Crippen molar-refractivity contribution in [2.24, 2.45) is 0 Å². The normalized spacial score (nSPS) is 14.0. The van der Waals surface area contributed by atoms with E-state index >= 15 is 0 Å². The van der Waals surface area contributed by atoms with Gasteiger partial charge in [0, 0.05) is 12.7 Å². The summed E-state index contributed by atoms with van der Waals surface area (Å²) in [6.45, 7) is 5.47. The smallest absolute Gasteiger partial charge is 0.213 e. The molecule has 0 unspecified atom stereocenters. The lowest BCUT2D eigenvalue weighted by molar-refractivity contribution is 1.07. The van der Waals surface area contributed by atoms with Gasteiger partial charge in [-0.15, -0.1) is 0 Å². The molecular formula is C15H14N2. The van der Waals surface area contributed by atoms with Crippen molar-refractivity contribution < 1.29 is 0 Å². The highest BCUT2D eigenvalue weighted by Gasteiger charge is 2.26. The van der Waals surface area contributed by atoms with E-state index in [1.54, 1.807) is 0 Å². The number of rotatable bonds is 1. The first-order chi connectivity index (χ1) is 8.27. The maximum Gasteiger partial charge on any atom is 0.213 e. The van der Waals surface area contributed by atoms with Gasteiger partial charge in [-0.05, 0) is 30.7 Å². The topological polar surface area (TPSA) is 6.48 Å². The Kier molecular flexibility index (Phi) is 2.29. The van der Waals surface area contributed by atoms with Gasteiger partial charge in [0.05, 0.1) is 11.4 Å². The van der Waals surface area contributed by atoms with Crippen LogP contribution in [0.1, 0.15) is 5.56 Å². The summed E-state index contributed by atoms with van der Waals surface area (Å²) < 4.78 is 0. The van der Waals surface area contributed by atoms with Crippen LogP contribution in [-0.2, 0) is 0 Å². The van der Waals surface area contributed by atoms with E-state index in [0.717, 1.165) is 0 Å². The maximum absolute atomic E-state index is 3.34. The molecule has 84 valence electrons. The minimum atomic E-state index is 1.18. The third kappa shape index (κ3) is 1.57. The molecule has 17 heavy (non-hydrogen) atoms. The van der Waals surface area contributed by atoms with Gasteiger partial charge in [0.1, 0.15) is 0 Å². The highest BCUT2D eigenvalue weighted by molar-refractivity contribution is 5.85. The fraction of sp³-hybridized carbons (Fsp3) is 0.133. The average Bonchev–Trinajstić information content (AvgIpc) is 2.68. The van der Waals surface area contributed by atoms with Gasteiger partial charge in [-0.2, -0.15) is 0 Å². The van der Waals surface area contributed by atoms with Gasteiger partial charge in [0.2, 0.25) is 6.67 Å². The fourth-order valence-electron chi connectivity index (χ4n) is 2.19. The van der Waals surface area contributed by atoms with E-state index < -0.39 is 0 Å². The molecule has 0 aromatic heterocycles. The molecule has 2 heteroatoms. The molecule has 0 spiro atoms. The van der Waals surface area contributed by atoms with Crippen LogP contribution in [0.15, 0.2) is 48.5 Å². The monoisotopic (exact) mass is 222 g/mol. The third-order valence-electron chi connectivity index (χ3n) is 3.09. The number of nitrogens with zero attached hydrogens (tertiary/aromatic N) is 2. The van der Waals surface area contributed by atoms with E-state index in [0.29, 0.717) is 0 Å². The van der Waals surface area contributed by atoms with E-state index in [4.69, 9.17) is 0 Å². The lowest BCUT2D eigenvalue weighted by atomic mass is 10.1. The second-order valence-corrected chi connectivity index (χ2v) is 4.27. The number of aryl methyl sites for hydroxylation is 1. The Bertz CT molecular complexity index is 548. The Morgan fingerprint density at radius 1 is 0.824 bits per heavy atom. The van der Waals surface area contributed by atoms with Gasteiger partial charge in [-0.1, -0.05) is 30.3 Å². The standard InChI is InChI=1S/C15H14N2/c1-12-7-3-4-8-13(12)17-11-16(2)14-9-5-6-10-15(14)17/h3-10H,1-2H3. The first kappa shape index (κ1) is 10.2. The maximum atomic E-state index is 3.34. The van der Waals surface area contributed by atoms with Crippen molar-refractivity contribution in [3.8, 4) is 0 Å².